The van der Waals surface area contributed by atoms with E-state index < -0.39 is 10.8 Å². The van der Waals surface area contributed by atoms with E-state index in [2.05, 4.69) is 12.2 Å². The van der Waals surface area contributed by atoms with E-state index in [9.17, 15) is 9.00 Å². The normalized spacial score (nSPS) is 15.6. The first-order valence-corrected chi connectivity index (χ1v) is 12.1. The smallest absolute Gasteiger partial charge is 0.239 e. The standard InChI is InChI=1S/C24H28N4O2S/c1-17(18-11-13-21(14-12-18)31(3)30)27(2)16-24(29)25-23-15-22(19-9-10-19)26-28(23)20-7-5-4-6-8-20/h4-8,11-15,17,19H,9-10,16H2,1-3H3,(H,25,29). The molecule has 1 saturated carbocycles. The summed E-state index contributed by atoms with van der Waals surface area (Å²) < 4.78 is 13.4. The van der Waals surface area contributed by atoms with Crippen LogP contribution in [-0.2, 0) is 15.6 Å². The van der Waals surface area contributed by atoms with Crippen LogP contribution in [0.4, 0.5) is 5.82 Å². The summed E-state index contributed by atoms with van der Waals surface area (Å²) in [4.78, 5) is 15.6. The quantitative estimate of drug-likeness (QED) is 0.577. The lowest BCUT2D eigenvalue weighted by Crippen LogP contribution is -2.32. The number of hydrogen-bond donors (Lipinski definition) is 1. The van der Waals surface area contributed by atoms with Crippen LogP contribution in [0.5, 0.6) is 0 Å². The summed E-state index contributed by atoms with van der Waals surface area (Å²) in [7, 11) is 0.937. The number of benzene rings is 2. The second-order valence-electron chi connectivity index (χ2n) is 8.14. The van der Waals surface area contributed by atoms with Crippen molar-refractivity contribution in [3.8, 4) is 5.69 Å². The van der Waals surface area contributed by atoms with Crippen molar-refractivity contribution in [1.82, 2.24) is 14.7 Å². The molecule has 2 atom stereocenters. The van der Waals surface area contributed by atoms with Gasteiger partial charge >= 0.3 is 0 Å². The van der Waals surface area contributed by atoms with Crippen LogP contribution in [0.1, 0.15) is 43.0 Å². The van der Waals surface area contributed by atoms with Crippen molar-refractivity contribution in [2.24, 2.45) is 0 Å². The molecule has 0 bridgehead atoms. The number of amides is 1. The van der Waals surface area contributed by atoms with Crippen LogP contribution in [0, 0.1) is 0 Å². The predicted octanol–water partition coefficient (Wildman–Crippen LogP) is 4.12. The Morgan fingerprint density at radius 1 is 1.19 bits per heavy atom. The number of carbonyl (C=O) groups excluding carboxylic acids is 1. The zero-order chi connectivity index (χ0) is 22.0. The van der Waals surface area contributed by atoms with Crippen molar-refractivity contribution in [2.45, 2.75) is 36.6 Å². The summed E-state index contributed by atoms with van der Waals surface area (Å²) in [6.07, 6.45) is 3.98. The molecule has 1 aliphatic carbocycles. The van der Waals surface area contributed by atoms with E-state index in [4.69, 9.17) is 5.10 Å². The fraction of sp³-hybridized carbons (Fsp3) is 0.333. The highest BCUT2D eigenvalue weighted by Crippen LogP contribution is 2.40. The highest BCUT2D eigenvalue weighted by atomic mass is 32.2. The van der Waals surface area contributed by atoms with Gasteiger partial charge in [-0.3, -0.25) is 13.9 Å². The van der Waals surface area contributed by atoms with Gasteiger partial charge in [-0.15, -0.1) is 0 Å². The summed E-state index contributed by atoms with van der Waals surface area (Å²) >= 11 is 0. The number of para-hydroxylation sites is 1. The highest BCUT2D eigenvalue weighted by molar-refractivity contribution is 7.84. The maximum atomic E-state index is 12.8. The predicted molar refractivity (Wildman–Crippen MR) is 124 cm³/mol. The molecule has 1 amide bonds. The van der Waals surface area contributed by atoms with Crippen molar-refractivity contribution in [1.29, 1.82) is 0 Å². The van der Waals surface area contributed by atoms with Crippen molar-refractivity contribution in [2.75, 3.05) is 25.2 Å². The van der Waals surface area contributed by atoms with Gasteiger partial charge in [-0.1, -0.05) is 30.3 Å². The molecule has 1 aliphatic rings. The third kappa shape index (κ3) is 5.11. The molecule has 2 aromatic carbocycles. The molecule has 0 aliphatic heterocycles. The van der Waals surface area contributed by atoms with Gasteiger partial charge in [0.1, 0.15) is 5.82 Å². The number of hydrogen-bond acceptors (Lipinski definition) is 4. The average Bonchev–Trinajstić information content (AvgIpc) is 3.54. The number of likely N-dealkylation sites (N-methyl/N-ethyl adjacent to an activating group) is 1. The second-order valence-corrected chi connectivity index (χ2v) is 9.52. The van der Waals surface area contributed by atoms with E-state index in [1.807, 2.05) is 77.3 Å². The van der Waals surface area contributed by atoms with Gasteiger partial charge in [0.25, 0.3) is 0 Å². The molecule has 1 heterocycles. The first-order chi connectivity index (χ1) is 14.9. The van der Waals surface area contributed by atoms with E-state index >= 15 is 0 Å². The molecule has 7 heteroatoms. The van der Waals surface area contributed by atoms with Crippen LogP contribution in [-0.4, -0.2) is 44.6 Å². The Hall–Kier alpha value is -2.77. The topological polar surface area (TPSA) is 67.2 Å². The maximum Gasteiger partial charge on any atom is 0.239 e. The molecule has 1 aromatic heterocycles. The van der Waals surface area contributed by atoms with Gasteiger partial charge in [0.15, 0.2) is 0 Å². The lowest BCUT2D eigenvalue weighted by molar-refractivity contribution is -0.117. The monoisotopic (exact) mass is 436 g/mol. The first-order valence-electron chi connectivity index (χ1n) is 10.5. The van der Waals surface area contributed by atoms with Gasteiger partial charge in [-0.2, -0.15) is 5.10 Å². The summed E-state index contributed by atoms with van der Waals surface area (Å²) in [5, 5.41) is 7.80. The molecule has 162 valence electrons. The molecule has 6 nitrogen and oxygen atoms in total. The molecule has 4 rings (SSSR count). The van der Waals surface area contributed by atoms with Crippen molar-refractivity contribution in [3.63, 3.8) is 0 Å². The molecule has 0 saturated heterocycles. The van der Waals surface area contributed by atoms with Crippen LogP contribution >= 0.6 is 0 Å². The minimum atomic E-state index is -0.994. The summed E-state index contributed by atoms with van der Waals surface area (Å²) in [6.45, 7) is 2.31. The van der Waals surface area contributed by atoms with Gasteiger partial charge in [0.2, 0.25) is 5.91 Å². The number of aromatic nitrogens is 2. The Labute approximate surface area is 185 Å². The first kappa shape index (κ1) is 21.5. The van der Waals surface area contributed by atoms with Crippen molar-refractivity contribution in [3.05, 3.63) is 71.9 Å². The van der Waals surface area contributed by atoms with Gasteiger partial charge in [-0.25, -0.2) is 4.68 Å². The molecule has 31 heavy (non-hydrogen) atoms. The average molecular weight is 437 g/mol. The van der Waals surface area contributed by atoms with Gasteiger partial charge in [-0.05, 0) is 56.6 Å². The lowest BCUT2D eigenvalue weighted by Gasteiger charge is -2.24. The molecule has 2 unspecified atom stereocenters. The molecule has 0 spiro atoms. The van der Waals surface area contributed by atoms with E-state index in [1.54, 1.807) is 6.26 Å². The summed E-state index contributed by atoms with van der Waals surface area (Å²) in [5.74, 6) is 1.12. The minimum Gasteiger partial charge on any atom is -0.309 e. The van der Waals surface area contributed by atoms with Gasteiger partial charge < -0.3 is 5.32 Å². The van der Waals surface area contributed by atoms with E-state index in [-0.39, 0.29) is 18.5 Å². The Kier molecular flexibility index (Phi) is 6.34. The number of rotatable bonds is 8. The molecule has 3 aromatic rings. The second kappa shape index (κ2) is 9.16. The number of anilines is 1. The van der Waals surface area contributed by atoms with Crippen LogP contribution in [0.25, 0.3) is 5.69 Å². The zero-order valence-corrected chi connectivity index (χ0v) is 18.9. The van der Waals surface area contributed by atoms with Gasteiger partial charge in [0.05, 0.1) is 17.9 Å². The summed E-state index contributed by atoms with van der Waals surface area (Å²) in [5.41, 5.74) is 3.05. The third-order valence-electron chi connectivity index (χ3n) is 5.74. The SMILES string of the molecule is CC(c1ccc(S(C)=O)cc1)N(C)CC(=O)Nc1cc(C2CC2)nn1-c1ccccc1. The van der Waals surface area contributed by atoms with Gasteiger partial charge in [0, 0.05) is 40.0 Å². The Morgan fingerprint density at radius 3 is 2.48 bits per heavy atom. The molecular formula is C24H28N4O2S. The van der Waals surface area contributed by atoms with Crippen LogP contribution < -0.4 is 5.32 Å². The fourth-order valence-corrected chi connectivity index (χ4v) is 4.09. The molecule has 1 fully saturated rings. The van der Waals surface area contributed by atoms with Crippen molar-refractivity contribution < 1.29 is 9.00 Å². The number of nitrogens with one attached hydrogen (secondary N) is 1. The lowest BCUT2D eigenvalue weighted by atomic mass is 10.1. The maximum absolute atomic E-state index is 12.8. The van der Waals surface area contributed by atoms with E-state index in [0.29, 0.717) is 11.7 Å². The van der Waals surface area contributed by atoms with E-state index in [0.717, 1.165) is 34.7 Å². The Bertz CT molecular complexity index is 1070. The molecule has 0 radical (unpaired) electrons. The Balaban J connectivity index is 1.45. The third-order valence-corrected chi connectivity index (χ3v) is 6.68. The van der Waals surface area contributed by atoms with Crippen molar-refractivity contribution >= 4 is 22.5 Å². The Morgan fingerprint density at radius 2 is 1.87 bits per heavy atom. The number of nitrogens with zero attached hydrogens (tertiary/aromatic N) is 3. The van der Waals surface area contributed by atoms with Crippen LogP contribution in [0.3, 0.4) is 0 Å². The fourth-order valence-electron chi connectivity index (χ4n) is 3.57. The zero-order valence-electron chi connectivity index (χ0n) is 18.1. The highest BCUT2D eigenvalue weighted by Gasteiger charge is 2.28. The molecular weight excluding hydrogens is 408 g/mol. The minimum absolute atomic E-state index is 0.0474. The molecule has 1 N–H and O–H groups in total. The summed E-state index contributed by atoms with van der Waals surface area (Å²) in [6, 6.07) is 19.6. The number of carbonyl (C=O) groups is 1. The van der Waals surface area contributed by atoms with Crippen LogP contribution in [0.2, 0.25) is 0 Å². The largest absolute Gasteiger partial charge is 0.309 e. The van der Waals surface area contributed by atoms with Crippen LogP contribution in [0.15, 0.2) is 65.6 Å². The van der Waals surface area contributed by atoms with E-state index in [1.165, 1.54) is 0 Å².